The number of anilines is 1. The van der Waals surface area contributed by atoms with Gasteiger partial charge in [-0.05, 0) is 44.7 Å². The van der Waals surface area contributed by atoms with Crippen LogP contribution in [0.15, 0.2) is 24.3 Å². The molecule has 0 spiro atoms. The summed E-state index contributed by atoms with van der Waals surface area (Å²) in [6.07, 6.45) is 3.36. The van der Waals surface area contributed by atoms with E-state index in [9.17, 15) is 4.79 Å². The van der Waals surface area contributed by atoms with Gasteiger partial charge in [0.05, 0.1) is 6.10 Å². The highest BCUT2D eigenvalue weighted by Crippen LogP contribution is 2.28. The minimum absolute atomic E-state index is 0.0405. The fourth-order valence-electron chi connectivity index (χ4n) is 3.77. The third-order valence-electron chi connectivity index (χ3n) is 5.07. The lowest BCUT2D eigenvalue weighted by atomic mass is 10.1. The van der Waals surface area contributed by atoms with Crippen molar-refractivity contribution in [3.8, 4) is 0 Å². The Balaban J connectivity index is 1.49. The molecule has 1 fully saturated rings. The van der Waals surface area contributed by atoms with E-state index < -0.39 is 0 Å². The number of hydrogen-bond acceptors (Lipinski definition) is 3. The van der Waals surface area contributed by atoms with Gasteiger partial charge in [0, 0.05) is 44.5 Å². The van der Waals surface area contributed by atoms with E-state index in [1.54, 1.807) is 0 Å². The zero-order valence-electron chi connectivity index (χ0n) is 14.8. The van der Waals surface area contributed by atoms with Crippen molar-refractivity contribution in [2.24, 2.45) is 0 Å². The van der Waals surface area contributed by atoms with Crippen LogP contribution in [0, 0.1) is 0 Å². The molecule has 0 aliphatic carbocycles. The monoisotopic (exact) mass is 331 g/mol. The van der Waals surface area contributed by atoms with Gasteiger partial charge in [0.1, 0.15) is 0 Å². The van der Waals surface area contributed by atoms with Crippen LogP contribution in [0.2, 0.25) is 0 Å². The molecule has 2 atom stereocenters. The lowest BCUT2D eigenvalue weighted by Crippen LogP contribution is -2.50. The van der Waals surface area contributed by atoms with Crippen LogP contribution in [0.4, 0.5) is 10.5 Å². The van der Waals surface area contributed by atoms with Crippen molar-refractivity contribution >= 4 is 11.7 Å². The fraction of sp³-hybridized carbons (Fsp3) is 0.632. The minimum atomic E-state index is 0.0405. The first-order valence-electron chi connectivity index (χ1n) is 9.18. The van der Waals surface area contributed by atoms with Crippen LogP contribution in [0.25, 0.3) is 0 Å². The van der Waals surface area contributed by atoms with E-state index in [2.05, 4.69) is 41.4 Å². The normalized spacial score (nSPS) is 21.5. The number of piperidine rings is 1. The van der Waals surface area contributed by atoms with Gasteiger partial charge >= 0.3 is 6.03 Å². The second-order valence-corrected chi connectivity index (χ2v) is 6.77. The van der Waals surface area contributed by atoms with Gasteiger partial charge in [-0.3, -0.25) is 0 Å². The maximum absolute atomic E-state index is 12.5. The van der Waals surface area contributed by atoms with Gasteiger partial charge in [0.15, 0.2) is 0 Å². The maximum Gasteiger partial charge on any atom is 0.317 e. The SMILES string of the molecule is CCOC1CCCN(C(=O)NCC(C)N2CCc3ccccc32)C1. The largest absolute Gasteiger partial charge is 0.377 e. The summed E-state index contributed by atoms with van der Waals surface area (Å²) in [5, 5.41) is 3.11. The lowest BCUT2D eigenvalue weighted by molar-refractivity contribution is 0.0164. The maximum atomic E-state index is 12.5. The summed E-state index contributed by atoms with van der Waals surface area (Å²) < 4.78 is 5.68. The Morgan fingerprint density at radius 3 is 3.04 bits per heavy atom. The standard InChI is InChI=1S/C19H29N3O2/c1-3-24-17-8-6-11-21(14-17)19(23)20-13-15(2)22-12-10-16-7-4-5-9-18(16)22/h4-5,7,9,15,17H,3,6,8,10-14H2,1-2H3,(H,20,23). The molecule has 0 radical (unpaired) electrons. The van der Waals surface area contributed by atoms with Crippen LogP contribution in [0.1, 0.15) is 32.3 Å². The molecular formula is C19H29N3O2. The molecule has 2 aliphatic heterocycles. The second-order valence-electron chi connectivity index (χ2n) is 6.77. The van der Waals surface area contributed by atoms with Crippen molar-refractivity contribution < 1.29 is 9.53 Å². The molecule has 0 bridgehead atoms. The summed E-state index contributed by atoms with van der Waals surface area (Å²) in [6.45, 7) is 8.15. The number of ether oxygens (including phenoxy) is 1. The number of likely N-dealkylation sites (tertiary alicyclic amines) is 1. The average Bonchev–Trinajstić information content (AvgIpc) is 3.04. The van der Waals surface area contributed by atoms with Crippen LogP contribution in [0.3, 0.4) is 0 Å². The second kappa shape index (κ2) is 7.88. The molecule has 0 aromatic heterocycles. The number of carbonyl (C=O) groups is 1. The first kappa shape index (κ1) is 17.1. The van der Waals surface area contributed by atoms with Crippen molar-refractivity contribution in [3.05, 3.63) is 29.8 Å². The molecule has 132 valence electrons. The molecule has 0 saturated carbocycles. The van der Waals surface area contributed by atoms with Gasteiger partial charge < -0.3 is 19.9 Å². The van der Waals surface area contributed by atoms with Gasteiger partial charge in [-0.25, -0.2) is 4.79 Å². The van der Waals surface area contributed by atoms with Crippen LogP contribution < -0.4 is 10.2 Å². The molecule has 24 heavy (non-hydrogen) atoms. The topological polar surface area (TPSA) is 44.8 Å². The number of carbonyl (C=O) groups excluding carboxylic acids is 1. The summed E-state index contributed by atoms with van der Waals surface area (Å²) in [6, 6.07) is 8.90. The number of nitrogens with zero attached hydrogens (tertiary/aromatic N) is 2. The molecule has 1 saturated heterocycles. The average molecular weight is 331 g/mol. The number of amides is 2. The van der Waals surface area contributed by atoms with E-state index in [1.165, 1.54) is 11.3 Å². The lowest BCUT2D eigenvalue weighted by Gasteiger charge is -2.33. The molecule has 1 aromatic carbocycles. The number of benzene rings is 1. The first-order valence-corrected chi connectivity index (χ1v) is 9.18. The van der Waals surface area contributed by atoms with E-state index in [-0.39, 0.29) is 12.1 Å². The third kappa shape index (κ3) is 3.83. The summed E-state index contributed by atoms with van der Waals surface area (Å²) in [5.74, 6) is 0. The van der Waals surface area contributed by atoms with Gasteiger partial charge in [-0.15, -0.1) is 0 Å². The van der Waals surface area contributed by atoms with Crippen LogP contribution >= 0.6 is 0 Å². The summed E-state index contributed by atoms with van der Waals surface area (Å²) in [4.78, 5) is 16.7. The molecule has 2 aliphatic rings. The number of nitrogens with one attached hydrogen (secondary N) is 1. The molecule has 2 unspecified atom stereocenters. The predicted molar refractivity (Wildman–Crippen MR) is 96.6 cm³/mol. The van der Waals surface area contributed by atoms with Crippen LogP contribution in [-0.4, -0.2) is 55.9 Å². The Morgan fingerprint density at radius 2 is 2.21 bits per heavy atom. The number of para-hydroxylation sites is 1. The molecule has 2 amide bonds. The van der Waals surface area contributed by atoms with E-state index in [1.807, 2.05) is 11.8 Å². The van der Waals surface area contributed by atoms with Gasteiger partial charge in [-0.1, -0.05) is 18.2 Å². The van der Waals surface area contributed by atoms with Gasteiger partial charge in [0.2, 0.25) is 0 Å². The molecule has 1 N–H and O–H groups in total. The Kier molecular flexibility index (Phi) is 5.61. The van der Waals surface area contributed by atoms with Crippen molar-refractivity contribution in [1.82, 2.24) is 10.2 Å². The number of rotatable bonds is 5. The van der Waals surface area contributed by atoms with Gasteiger partial charge in [-0.2, -0.15) is 0 Å². The predicted octanol–water partition coefficient (Wildman–Crippen LogP) is 2.65. The summed E-state index contributed by atoms with van der Waals surface area (Å²) >= 11 is 0. The Morgan fingerprint density at radius 1 is 1.38 bits per heavy atom. The van der Waals surface area contributed by atoms with Crippen molar-refractivity contribution in [3.63, 3.8) is 0 Å². The van der Waals surface area contributed by atoms with E-state index in [4.69, 9.17) is 4.74 Å². The Hall–Kier alpha value is -1.75. The molecule has 1 aromatic rings. The zero-order chi connectivity index (χ0) is 16.9. The van der Waals surface area contributed by atoms with Crippen molar-refractivity contribution in [2.45, 2.75) is 45.3 Å². The Bertz CT molecular complexity index is 561. The smallest absolute Gasteiger partial charge is 0.317 e. The first-order chi connectivity index (χ1) is 11.7. The summed E-state index contributed by atoms with van der Waals surface area (Å²) in [7, 11) is 0. The number of hydrogen-bond donors (Lipinski definition) is 1. The molecule has 3 rings (SSSR count). The van der Waals surface area contributed by atoms with Gasteiger partial charge in [0.25, 0.3) is 0 Å². The third-order valence-corrected chi connectivity index (χ3v) is 5.07. The summed E-state index contributed by atoms with van der Waals surface area (Å²) in [5.41, 5.74) is 2.72. The zero-order valence-corrected chi connectivity index (χ0v) is 14.8. The molecule has 5 heteroatoms. The quantitative estimate of drug-likeness (QED) is 0.902. The fourth-order valence-corrected chi connectivity index (χ4v) is 3.77. The van der Waals surface area contributed by atoms with E-state index in [0.717, 1.165) is 32.4 Å². The number of fused-ring (bicyclic) bond motifs is 1. The van der Waals surface area contributed by atoms with E-state index in [0.29, 0.717) is 25.7 Å². The van der Waals surface area contributed by atoms with Crippen molar-refractivity contribution in [2.75, 3.05) is 37.7 Å². The highest BCUT2D eigenvalue weighted by molar-refractivity contribution is 5.74. The highest BCUT2D eigenvalue weighted by atomic mass is 16.5. The van der Waals surface area contributed by atoms with E-state index >= 15 is 0 Å². The number of urea groups is 1. The molecular weight excluding hydrogens is 302 g/mol. The molecule has 2 heterocycles. The highest BCUT2D eigenvalue weighted by Gasteiger charge is 2.26. The Labute approximate surface area is 145 Å². The van der Waals surface area contributed by atoms with Crippen LogP contribution in [0.5, 0.6) is 0 Å². The van der Waals surface area contributed by atoms with Crippen LogP contribution in [-0.2, 0) is 11.2 Å². The minimum Gasteiger partial charge on any atom is -0.377 e. The van der Waals surface area contributed by atoms with Crippen molar-refractivity contribution in [1.29, 1.82) is 0 Å². The molecule has 5 nitrogen and oxygen atoms in total.